The third-order valence-corrected chi connectivity index (χ3v) is 3.17. The van der Waals surface area contributed by atoms with Gasteiger partial charge in [0.1, 0.15) is 22.5 Å². The number of halogens is 1. The van der Waals surface area contributed by atoms with Crippen LogP contribution in [-0.4, -0.2) is 9.97 Å². The van der Waals surface area contributed by atoms with Crippen LogP contribution in [0.5, 0.6) is 0 Å². The van der Waals surface area contributed by atoms with E-state index in [1.54, 1.807) is 12.1 Å². The quantitative estimate of drug-likeness (QED) is 0.860. The van der Waals surface area contributed by atoms with Crippen molar-refractivity contribution in [3.63, 3.8) is 0 Å². The second kappa shape index (κ2) is 5.82. The molecular formula is C13H14FN3S. The van der Waals surface area contributed by atoms with E-state index < -0.39 is 0 Å². The van der Waals surface area contributed by atoms with E-state index in [4.69, 9.17) is 5.73 Å². The lowest BCUT2D eigenvalue weighted by Crippen LogP contribution is -2.00. The summed E-state index contributed by atoms with van der Waals surface area (Å²) in [5.41, 5.74) is 5.73. The van der Waals surface area contributed by atoms with Gasteiger partial charge in [0.15, 0.2) is 0 Å². The van der Waals surface area contributed by atoms with Crippen molar-refractivity contribution in [2.24, 2.45) is 0 Å². The minimum Gasteiger partial charge on any atom is -0.384 e. The number of nitrogen functional groups attached to an aromatic ring is 1. The number of hydrogen-bond acceptors (Lipinski definition) is 4. The largest absolute Gasteiger partial charge is 0.384 e. The predicted molar refractivity (Wildman–Crippen MR) is 71.0 cm³/mol. The molecule has 2 rings (SSSR count). The van der Waals surface area contributed by atoms with Crippen molar-refractivity contribution in [2.75, 3.05) is 5.73 Å². The molecule has 0 saturated heterocycles. The minimum absolute atomic E-state index is 0.254. The maximum Gasteiger partial charge on any atom is 0.132 e. The highest BCUT2D eigenvalue weighted by Gasteiger charge is 2.05. The highest BCUT2D eigenvalue weighted by Crippen LogP contribution is 2.27. The lowest BCUT2D eigenvalue weighted by Gasteiger charge is -2.05. The van der Waals surface area contributed by atoms with Gasteiger partial charge in [-0.3, -0.25) is 0 Å². The molecule has 18 heavy (non-hydrogen) atoms. The second-order valence-corrected chi connectivity index (χ2v) is 4.95. The molecule has 0 saturated carbocycles. The van der Waals surface area contributed by atoms with Crippen LogP contribution in [0.4, 0.5) is 10.2 Å². The van der Waals surface area contributed by atoms with Crippen LogP contribution in [-0.2, 0) is 6.42 Å². The average Bonchev–Trinajstić information content (AvgIpc) is 2.28. The van der Waals surface area contributed by atoms with Crippen molar-refractivity contribution in [1.82, 2.24) is 9.97 Å². The summed E-state index contributed by atoms with van der Waals surface area (Å²) in [7, 11) is 0. The van der Waals surface area contributed by atoms with E-state index >= 15 is 0 Å². The van der Waals surface area contributed by atoms with E-state index in [1.165, 1.54) is 23.9 Å². The van der Waals surface area contributed by atoms with Crippen LogP contribution in [0.15, 0.2) is 40.3 Å². The number of hydrogen-bond donors (Lipinski definition) is 1. The zero-order chi connectivity index (χ0) is 13.0. The van der Waals surface area contributed by atoms with Crippen LogP contribution < -0.4 is 5.73 Å². The van der Waals surface area contributed by atoms with Gasteiger partial charge in [-0.2, -0.15) is 0 Å². The summed E-state index contributed by atoms with van der Waals surface area (Å²) in [5.74, 6) is 0.930. The molecule has 0 amide bonds. The number of nitrogens with two attached hydrogens (primary N) is 1. The fourth-order valence-corrected chi connectivity index (χ4v) is 2.42. The molecule has 1 aromatic carbocycles. The fraction of sp³-hybridized carbons (Fsp3) is 0.231. The Kier molecular flexibility index (Phi) is 4.15. The van der Waals surface area contributed by atoms with Crippen LogP contribution in [0.25, 0.3) is 0 Å². The Bertz CT molecular complexity index is 546. The molecule has 0 aliphatic heterocycles. The third-order valence-electron chi connectivity index (χ3n) is 2.26. The molecule has 2 N–H and O–H groups in total. The Balaban J connectivity index is 2.23. The van der Waals surface area contributed by atoms with E-state index in [0.717, 1.165) is 28.6 Å². The van der Waals surface area contributed by atoms with E-state index in [1.807, 2.05) is 6.07 Å². The molecule has 2 aromatic rings. The maximum absolute atomic E-state index is 13.1. The summed E-state index contributed by atoms with van der Waals surface area (Å²) in [6.45, 7) is 2.06. The Hall–Kier alpha value is -1.62. The van der Waals surface area contributed by atoms with E-state index in [9.17, 15) is 4.39 Å². The number of rotatable bonds is 4. The van der Waals surface area contributed by atoms with Gasteiger partial charge in [-0.15, -0.1) is 0 Å². The Labute approximate surface area is 110 Å². The highest BCUT2D eigenvalue weighted by atomic mass is 32.2. The highest BCUT2D eigenvalue weighted by molar-refractivity contribution is 7.99. The molecular weight excluding hydrogens is 249 g/mol. The summed E-state index contributed by atoms with van der Waals surface area (Å²) in [6.07, 6.45) is 1.76. The van der Waals surface area contributed by atoms with Gasteiger partial charge in [0.25, 0.3) is 0 Å². The molecule has 0 fully saturated rings. The van der Waals surface area contributed by atoms with E-state index in [-0.39, 0.29) is 5.82 Å². The van der Waals surface area contributed by atoms with Gasteiger partial charge in [0.2, 0.25) is 0 Å². The lowest BCUT2D eigenvalue weighted by atomic mass is 10.3. The number of aryl methyl sites for hydroxylation is 1. The molecule has 94 valence electrons. The molecule has 0 aliphatic rings. The Morgan fingerprint density at radius 1 is 1.28 bits per heavy atom. The van der Waals surface area contributed by atoms with Crippen molar-refractivity contribution in [3.8, 4) is 0 Å². The predicted octanol–water partition coefficient (Wildman–Crippen LogP) is 3.30. The third kappa shape index (κ3) is 3.43. The molecule has 1 aromatic heterocycles. The monoisotopic (exact) mass is 263 g/mol. The standard InChI is InChI=1S/C13H14FN3S/c1-2-4-12-16-11(15)8-13(17-12)18-10-6-3-5-9(14)7-10/h3,5-8H,2,4H2,1H3,(H2,15,16,17). The van der Waals surface area contributed by atoms with Gasteiger partial charge >= 0.3 is 0 Å². The van der Waals surface area contributed by atoms with E-state index in [0.29, 0.717) is 5.82 Å². The minimum atomic E-state index is -0.254. The molecule has 0 atom stereocenters. The molecule has 0 unspecified atom stereocenters. The van der Waals surface area contributed by atoms with Crippen molar-refractivity contribution >= 4 is 17.6 Å². The summed E-state index contributed by atoms with van der Waals surface area (Å²) < 4.78 is 13.1. The molecule has 0 spiro atoms. The second-order valence-electron chi connectivity index (χ2n) is 3.86. The molecule has 3 nitrogen and oxygen atoms in total. The van der Waals surface area contributed by atoms with E-state index in [2.05, 4.69) is 16.9 Å². The van der Waals surface area contributed by atoms with Gasteiger partial charge in [-0.25, -0.2) is 14.4 Å². The van der Waals surface area contributed by atoms with Crippen molar-refractivity contribution < 1.29 is 4.39 Å². The average molecular weight is 263 g/mol. The first-order chi connectivity index (χ1) is 8.67. The summed E-state index contributed by atoms with van der Waals surface area (Å²) in [4.78, 5) is 9.36. The SMILES string of the molecule is CCCc1nc(N)cc(Sc2cccc(F)c2)n1. The number of anilines is 1. The van der Waals surface area contributed by atoms with Gasteiger partial charge in [-0.1, -0.05) is 24.8 Å². The maximum atomic E-state index is 13.1. The van der Waals surface area contributed by atoms with Crippen LogP contribution in [0.2, 0.25) is 0 Å². The molecule has 0 aliphatic carbocycles. The van der Waals surface area contributed by atoms with Crippen molar-refractivity contribution in [3.05, 3.63) is 42.0 Å². The topological polar surface area (TPSA) is 51.8 Å². The first-order valence-corrected chi connectivity index (χ1v) is 6.56. The van der Waals surface area contributed by atoms with Crippen molar-refractivity contribution in [1.29, 1.82) is 0 Å². The fourth-order valence-electron chi connectivity index (χ4n) is 1.53. The van der Waals surface area contributed by atoms with Crippen LogP contribution in [0.1, 0.15) is 19.2 Å². The molecule has 5 heteroatoms. The number of nitrogens with zero attached hydrogens (tertiary/aromatic N) is 2. The lowest BCUT2D eigenvalue weighted by molar-refractivity contribution is 0.624. The summed E-state index contributed by atoms with van der Waals surface area (Å²) in [5, 5.41) is 0.747. The molecule has 1 heterocycles. The van der Waals surface area contributed by atoms with Crippen LogP contribution >= 0.6 is 11.8 Å². The molecule has 0 radical (unpaired) electrons. The molecule has 0 bridgehead atoms. The Morgan fingerprint density at radius 3 is 2.83 bits per heavy atom. The zero-order valence-electron chi connectivity index (χ0n) is 10.1. The first-order valence-electron chi connectivity index (χ1n) is 5.74. The first kappa shape index (κ1) is 12.8. The van der Waals surface area contributed by atoms with Gasteiger partial charge < -0.3 is 5.73 Å². The van der Waals surface area contributed by atoms with Crippen molar-refractivity contribution in [2.45, 2.75) is 29.7 Å². The van der Waals surface area contributed by atoms with Gasteiger partial charge in [-0.05, 0) is 24.6 Å². The zero-order valence-corrected chi connectivity index (χ0v) is 10.9. The summed E-state index contributed by atoms with van der Waals surface area (Å²) in [6, 6.07) is 8.11. The smallest absolute Gasteiger partial charge is 0.132 e. The van der Waals surface area contributed by atoms with Gasteiger partial charge in [0.05, 0.1) is 0 Å². The normalized spacial score (nSPS) is 10.6. The van der Waals surface area contributed by atoms with Gasteiger partial charge in [0, 0.05) is 17.4 Å². The number of benzene rings is 1. The number of aromatic nitrogens is 2. The van der Waals surface area contributed by atoms with Crippen LogP contribution in [0, 0.1) is 5.82 Å². The summed E-state index contributed by atoms with van der Waals surface area (Å²) >= 11 is 1.38. The van der Waals surface area contributed by atoms with Crippen LogP contribution in [0.3, 0.4) is 0 Å². The Morgan fingerprint density at radius 2 is 2.11 bits per heavy atom.